The molecule has 2 aromatic carbocycles. The molecule has 2 atom stereocenters. The number of rotatable bonds is 6. The van der Waals surface area contributed by atoms with Gasteiger partial charge in [0, 0.05) is 62.0 Å². The Morgan fingerprint density at radius 3 is 2.57 bits per heavy atom. The summed E-state index contributed by atoms with van der Waals surface area (Å²) in [6, 6.07) is 13.9. The molecule has 184 valence electrons. The van der Waals surface area contributed by atoms with Crippen molar-refractivity contribution >= 4 is 22.7 Å². The molecule has 0 aliphatic carbocycles. The lowest BCUT2D eigenvalue weighted by Crippen LogP contribution is -2.50. The minimum Gasteiger partial charge on any atom is -0.490 e. The maximum atomic E-state index is 13.4. The van der Waals surface area contributed by atoms with Gasteiger partial charge in [0.05, 0.1) is 19.6 Å². The minimum absolute atomic E-state index is 0.0406. The van der Waals surface area contributed by atoms with Gasteiger partial charge in [0.1, 0.15) is 17.7 Å². The number of hydrogen-bond donors (Lipinski definition) is 1. The lowest BCUT2D eigenvalue weighted by atomic mass is 9.90. The minimum atomic E-state index is -0.325. The van der Waals surface area contributed by atoms with Gasteiger partial charge in [0.2, 0.25) is 11.8 Å². The van der Waals surface area contributed by atoms with Gasteiger partial charge in [0.25, 0.3) is 0 Å². The highest BCUT2D eigenvalue weighted by Crippen LogP contribution is 2.28. The number of hydrogen-bond acceptors (Lipinski definition) is 4. The van der Waals surface area contributed by atoms with Crippen molar-refractivity contribution in [2.24, 2.45) is 5.92 Å². The fourth-order valence-corrected chi connectivity index (χ4v) is 5.00. The van der Waals surface area contributed by atoms with Crippen molar-refractivity contribution in [3.63, 3.8) is 0 Å². The molecular formula is C27H30FN3O4. The first-order chi connectivity index (χ1) is 17.1. The maximum Gasteiger partial charge on any atom is 0.227 e. The molecule has 0 unspecified atom stereocenters. The third kappa shape index (κ3) is 5.48. The second-order valence-corrected chi connectivity index (χ2v) is 9.23. The fourth-order valence-electron chi connectivity index (χ4n) is 5.00. The largest absolute Gasteiger partial charge is 0.490 e. The van der Waals surface area contributed by atoms with Crippen molar-refractivity contribution in [1.82, 2.24) is 14.8 Å². The second kappa shape index (κ2) is 10.5. The summed E-state index contributed by atoms with van der Waals surface area (Å²) in [7, 11) is 0. The highest BCUT2D eigenvalue weighted by atomic mass is 19.1. The Bertz CT molecular complexity index is 1170. The number of nitrogens with zero attached hydrogens (tertiary/aromatic N) is 2. The van der Waals surface area contributed by atoms with E-state index in [1.807, 2.05) is 40.3 Å². The third-order valence-electron chi connectivity index (χ3n) is 6.94. The second-order valence-electron chi connectivity index (χ2n) is 9.23. The Hall–Kier alpha value is -3.39. The zero-order chi connectivity index (χ0) is 24.2. The molecule has 5 rings (SSSR count). The quantitative estimate of drug-likeness (QED) is 0.588. The Morgan fingerprint density at radius 2 is 1.77 bits per heavy atom. The summed E-state index contributed by atoms with van der Waals surface area (Å²) in [6.07, 6.45) is 2.87. The first-order valence-electron chi connectivity index (χ1n) is 12.2. The van der Waals surface area contributed by atoms with Gasteiger partial charge in [-0.05, 0) is 35.9 Å². The molecule has 8 heteroatoms. The molecule has 2 saturated heterocycles. The van der Waals surface area contributed by atoms with Crippen LogP contribution in [0.25, 0.3) is 10.9 Å². The van der Waals surface area contributed by atoms with Gasteiger partial charge in [0.15, 0.2) is 0 Å². The summed E-state index contributed by atoms with van der Waals surface area (Å²) in [5, 5.41) is 1.05. The van der Waals surface area contributed by atoms with Crippen LogP contribution < -0.4 is 4.74 Å². The standard InChI is InChI=1S/C27H30FN3O4/c28-21-5-7-22(8-6-21)35-25-9-10-31(18-20(25)16-26(32)30-11-13-34-14-12-30)27(33)15-19-17-29-24-4-2-1-3-23(19)24/h1-8,17,20,25,29H,9-16,18H2/t20-,25-/m0/s1. The molecule has 1 N–H and O–H groups in total. The summed E-state index contributed by atoms with van der Waals surface area (Å²) >= 11 is 0. The molecule has 1 aromatic heterocycles. The number of carbonyl (C=O) groups excluding carboxylic acids is 2. The number of carbonyl (C=O) groups is 2. The number of ether oxygens (including phenoxy) is 2. The van der Waals surface area contributed by atoms with Gasteiger partial charge in [-0.3, -0.25) is 9.59 Å². The van der Waals surface area contributed by atoms with E-state index in [2.05, 4.69) is 4.98 Å². The number of nitrogens with one attached hydrogen (secondary N) is 1. The van der Waals surface area contributed by atoms with E-state index in [0.717, 1.165) is 16.5 Å². The molecule has 2 amide bonds. The van der Waals surface area contributed by atoms with Crippen LogP contribution in [0.15, 0.2) is 54.7 Å². The number of morpholine rings is 1. The molecule has 2 aliphatic rings. The van der Waals surface area contributed by atoms with Crippen molar-refractivity contribution in [2.75, 3.05) is 39.4 Å². The van der Waals surface area contributed by atoms with Crippen molar-refractivity contribution in [2.45, 2.75) is 25.4 Å². The van der Waals surface area contributed by atoms with Crippen molar-refractivity contribution < 1.29 is 23.5 Å². The van der Waals surface area contributed by atoms with Gasteiger partial charge in [-0.1, -0.05) is 18.2 Å². The van der Waals surface area contributed by atoms with Crippen LogP contribution in [0.1, 0.15) is 18.4 Å². The molecule has 35 heavy (non-hydrogen) atoms. The van der Waals surface area contributed by atoms with Crippen LogP contribution in [0.3, 0.4) is 0 Å². The SMILES string of the molecule is O=C(C[C@H]1CN(C(=O)Cc2c[nH]c3ccccc23)CC[C@@H]1Oc1ccc(F)cc1)N1CCOCC1. The summed E-state index contributed by atoms with van der Waals surface area (Å²) in [5.74, 6) is 0.180. The Kier molecular flexibility index (Phi) is 6.99. The normalized spacial score (nSPS) is 20.7. The average molecular weight is 480 g/mol. The van der Waals surface area contributed by atoms with Gasteiger partial charge >= 0.3 is 0 Å². The van der Waals surface area contributed by atoms with Crippen LogP contribution in [0.4, 0.5) is 4.39 Å². The number of aromatic nitrogens is 1. The number of para-hydroxylation sites is 1. The number of piperidine rings is 1. The van der Waals surface area contributed by atoms with Crippen LogP contribution in [-0.2, 0) is 20.7 Å². The average Bonchev–Trinajstić information content (AvgIpc) is 3.29. The van der Waals surface area contributed by atoms with Crippen LogP contribution >= 0.6 is 0 Å². The van der Waals surface area contributed by atoms with Gasteiger partial charge in [-0.2, -0.15) is 0 Å². The summed E-state index contributed by atoms with van der Waals surface area (Å²) < 4.78 is 24.9. The zero-order valence-electron chi connectivity index (χ0n) is 19.6. The fraction of sp³-hybridized carbons (Fsp3) is 0.407. The van der Waals surface area contributed by atoms with Crippen LogP contribution in [0.5, 0.6) is 5.75 Å². The number of fused-ring (bicyclic) bond motifs is 1. The molecule has 0 saturated carbocycles. The van der Waals surface area contributed by atoms with E-state index in [1.54, 1.807) is 12.1 Å². The molecular weight excluding hydrogens is 449 g/mol. The Balaban J connectivity index is 1.29. The highest BCUT2D eigenvalue weighted by molar-refractivity contribution is 5.89. The van der Waals surface area contributed by atoms with E-state index in [1.165, 1.54) is 12.1 Å². The summed E-state index contributed by atoms with van der Waals surface area (Å²) in [6.45, 7) is 3.25. The predicted octanol–water partition coefficient (Wildman–Crippen LogP) is 3.39. The number of likely N-dealkylation sites (tertiary alicyclic amines) is 1. The smallest absolute Gasteiger partial charge is 0.227 e. The Morgan fingerprint density at radius 1 is 1.00 bits per heavy atom. The van der Waals surface area contributed by atoms with E-state index in [9.17, 15) is 14.0 Å². The molecule has 0 bridgehead atoms. The third-order valence-corrected chi connectivity index (χ3v) is 6.94. The highest BCUT2D eigenvalue weighted by Gasteiger charge is 2.35. The summed E-state index contributed by atoms with van der Waals surface area (Å²) in [4.78, 5) is 33.2. The number of amides is 2. The number of H-pyrrole nitrogens is 1. The van der Waals surface area contributed by atoms with Gasteiger partial charge in [-0.15, -0.1) is 0 Å². The maximum absolute atomic E-state index is 13.4. The molecule has 0 spiro atoms. The van der Waals surface area contributed by atoms with Crippen molar-refractivity contribution in [3.05, 3.63) is 66.1 Å². The van der Waals surface area contributed by atoms with Gasteiger partial charge in [-0.25, -0.2) is 4.39 Å². The molecule has 0 radical (unpaired) electrons. The zero-order valence-corrected chi connectivity index (χ0v) is 19.6. The number of aromatic amines is 1. The topological polar surface area (TPSA) is 74.9 Å². The van der Waals surface area contributed by atoms with Crippen molar-refractivity contribution in [3.8, 4) is 5.75 Å². The van der Waals surface area contributed by atoms with Gasteiger partial charge < -0.3 is 24.3 Å². The van der Waals surface area contributed by atoms with E-state index < -0.39 is 0 Å². The lowest BCUT2D eigenvalue weighted by Gasteiger charge is -2.39. The molecule has 3 aromatic rings. The predicted molar refractivity (Wildman–Crippen MR) is 130 cm³/mol. The molecule has 7 nitrogen and oxygen atoms in total. The number of benzene rings is 2. The van der Waals surface area contributed by atoms with Crippen LogP contribution in [0.2, 0.25) is 0 Å². The Labute approximate surface area is 203 Å². The lowest BCUT2D eigenvalue weighted by molar-refractivity contribution is -0.141. The molecule has 2 fully saturated rings. The molecule has 3 heterocycles. The van der Waals surface area contributed by atoms with Crippen molar-refractivity contribution in [1.29, 1.82) is 0 Å². The van der Waals surface area contributed by atoms with E-state index in [-0.39, 0.29) is 29.7 Å². The first kappa shape index (κ1) is 23.4. The number of halogens is 1. The first-order valence-corrected chi connectivity index (χ1v) is 12.2. The molecule has 2 aliphatic heterocycles. The van der Waals surface area contributed by atoms with E-state index in [4.69, 9.17) is 9.47 Å². The van der Waals surface area contributed by atoms with E-state index in [0.29, 0.717) is 64.4 Å². The van der Waals surface area contributed by atoms with Crippen LogP contribution in [0, 0.1) is 11.7 Å². The van der Waals surface area contributed by atoms with Crippen LogP contribution in [-0.4, -0.2) is 72.1 Å². The monoisotopic (exact) mass is 479 g/mol. The van der Waals surface area contributed by atoms with E-state index >= 15 is 0 Å². The summed E-state index contributed by atoms with van der Waals surface area (Å²) in [5.41, 5.74) is 1.98.